The van der Waals surface area contributed by atoms with Crippen LogP contribution >= 0.6 is 11.6 Å². The van der Waals surface area contributed by atoms with Gasteiger partial charge in [0.05, 0.1) is 0 Å². The second-order valence-electron chi connectivity index (χ2n) is 13.1. The number of hydrogen-bond donors (Lipinski definition) is 0. The Morgan fingerprint density at radius 1 is 0.868 bits per heavy atom. The second kappa shape index (κ2) is 11.1. The van der Waals surface area contributed by atoms with E-state index in [1.54, 1.807) is 0 Å². The molecule has 0 aliphatic heterocycles. The van der Waals surface area contributed by atoms with Gasteiger partial charge in [-0.1, -0.05) is 20.8 Å². The summed E-state index contributed by atoms with van der Waals surface area (Å²) in [5, 5.41) is -0.317. The van der Waals surface area contributed by atoms with E-state index in [2.05, 4.69) is 20.8 Å². The Morgan fingerprint density at radius 2 is 1.53 bits per heavy atom. The zero-order valence-corrected chi connectivity index (χ0v) is 24.6. The summed E-state index contributed by atoms with van der Waals surface area (Å²) in [5.74, 6) is 0.621. The first-order valence-corrected chi connectivity index (χ1v) is 14.8. The average molecular weight is 553 g/mol. The lowest BCUT2D eigenvalue weighted by Crippen LogP contribution is -2.63. The highest BCUT2D eigenvalue weighted by atomic mass is 35.5. The zero-order chi connectivity index (χ0) is 28.0. The number of esters is 3. The normalized spacial score (nSPS) is 42.6. The van der Waals surface area contributed by atoms with Gasteiger partial charge in [0.25, 0.3) is 0 Å². The quantitative estimate of drug-likeness (QED) is 0.222. The number of halogens is 1. The lowest BCUT2D eigenvalue weighted by atomic mass is 9.43. The number of fused-ring (bicyclic) bond motifs is 5. The minimum Gasteiger partial charge on any atom is -0.463 e. The molecular weight excluding hydrogens is 508 g/mol. The molecule has 38 heavy (non-hydrogen) atoms. The van der Waals surface area contributed by atoms with Gasteiger partial charge in [-0.05, 0) is 98.0 Å². The first-order valence-electron chi connectivity index (χ1n) is 14.5. The molecule has 0 saturated heterocycles. The Labute approximate surface area is 232 Å². The molecular formula is C30H45ClO7. The van der Waals surface area contributed by atoms with Crippen LogP contribution in [0, 0.1) is 46.3 Å². The highest BCUT2D eigenvalue weighted by Crippen LogP contribution is 2.69. The van der Waals surface area contributed by atoms with Gasteiger partial charge in [-0.2, -0.15) is 0 Å². The maximum Gasteiger partial charge on any atom is 0.302 e. The molecule has 0 aromatic rings. The van der Waals surface area contributed by atoms with Gasteiger partial charge in [0.1, 0.15) is 18.3 Å². The minimum absolute atomic E-state index is 0.0214. The van der Waals surface area contributed by atoms with Crippen molar-refractivity contribution in [3.63, 3.8) is 0 Å². The van der Waals surface area contributed by atoms with E-state index in [0.717, 1.165) is 44.9 Å². The van der Waals surface area contributed by atoms with Gasteiger partial charge < -0.3 is 14.2 Å². The van der Waals surface area contributed by atoms with Crippen LogP contribution in [-0.4, -0.2) is 41.5 Å². The van der Waals surface area contributed by atoms with E-state index >= 15 is 0 Å². The van der Waals surface area contributed by atoms with Crippen LogP contribution in [0.25, 0.3) is 0 Å². The molecule has 4 aliphatic carbocycles. The fourth-order valence-corrected chi connectivity index (χ4v) is 9.77. The van der Waals surface area contributed by atoms with E-state index in [-0.39, 0.29) is 87.8 Å². The standard InChI is InChI=1S/C30H45ClO7/c1-16(7-10-27(31)35)22-8-9-23-28-24(15-26(30(22,23)6)38-19(4)34)29(5)12-11-21(36-17(2)32)13-20(29)14-25(28)37-18(3)33/h16,20-26,28H,7-15H2,1-6H3/t16-,20+,21-,22-,23+,24+,25-,26+,28+,29+,30-/m1/s1. The van der Waals surface area contributed by atoms with Crippen molar-refractivity contribution in [2.24, 2.45) is 46.3 Å². The van der Waals surface area contributed by atoms with Crippen LogP contribution in [0.5, 0.6) is 0 Å². The molecule has 0 aromatic carbocycles. The maximum absolute atomic E-state index is 12.4. The van der Waals surface area contributed by atoms with Gasteiger partial charge in [0.15, 0.2) is 0 Å². The fourth-order valence-electron chi connectivity index (χ4n) is 9.66. The molecule has 0 N–H and O–H groups in total. The van der Waals surface area contributed by atoms with Crippen molar-refractivity contribution < 1.29 is 33.4 Å². The van der Waals surface area contributed by atoms with E-state index in [1.807, 2.05) is 0 Å². The molecule has 0 radical (unpaired) electrons. The molecule has 0 aromatic heterocycles. The van der Waals surface area contributed by atoms with Crippen LogP contribution in [0.1, 0.15) is 99.3 Å². The number of carbonyl (C=O) groups is 4. The summed E-state index contributed by atoms with van der Waals surface area (Å²) in [6.45, 7) is 11.2. The Morgan fingerprint density at radius 3 is 2.13 bits per heavy atom. The topological polar surface area (TPSA) is 96.0 Å². The third-order valence-electron chi connectivity index (χ3n) is 11.2. The van der Waals surface area contributed by atoms with E-state index in [0.29, 0.717) is 12.8 Å². The summed E-state index contributed by atoms with van der Waals surface area (Å²) in [7, 11) is 0. The SMILES string of the molecule is CC(=O)O[C@@H]1CC[C@@]2(C)[C@@H](C1)C[C@@H](OC(C)=O)[C@@H]1[C@@H]2C[C@H](OC(C)=O)[C@]2(C)[C@@H]([C@H](C)CCC(=O)Cl)CC[C@@H]12. The van der Waals surface area contributed by atoms with E-state index < -0.39 is 0 Å². The molecule has 0 heterocycles. The van der Waals surface area contributed by atoms with Crippen molar-refractivity contribution in [3.05, 3.63) is 0 Å². The van der Waals surface area contributed by atoms with Crippen LogP contribution in [0.3, 0.4) is 0 Å². The van der Waals surface area contributed by atoms with Crippen molar-refractivity contribution in [1.82, 2.24) is 0 Å². The van der Waals surface area contributed by atoms with Crippen molar-refractivity contribution in [3.8, 4) is 0 Å². The zero-order valence-electron chi connectivity index (χ0n) is 23.8. The van der Waals surface area contributed by atoms with Gasteiger partial charge in [-0.15, -0.1) is 0 Å². The van der Waals surface area contributed by atoms with Gasteiger partial charge in [-0.3, -0.25) is 19.2 Å². The third-order valence-corrected chi connectivity index (χ3v) is 11.4. The molecule has 4 aliphatic rings. The molecule has 0 amide bonds. The number of hydrogen-bond acceptors (Lipinski definition) is 7. The highest BCUT2D eigenvalue weighted by molar-refractivity contribution is 6.63. The highest BCUT2D eigenvalue weighted by Gasteiger charge is 2.67. The molecule has 214 valence electrons. The monoisotopic (exact) mass is 552 g/mol. The molecule has 4 saturated carbocycles. The van der Waals surface area contributed by atoms with Gasteiger partial charge in [-0.25, -0.2) is 0 Å². The molecule has 8 heteroatoms. The van der Waals surface area contributed by atoms with E-state index in [9.17, 15) is 19.2 Å². The number of ether oxygens (including phenoxy) is 3. The predicted octanol–water partition coefficient (Wildman–Crippen LogP) is 5.84. The Balaban J connectivity index is 1.71. The molecule has 0 spiro atoms. The minimum atomic E-state index is -0.317. The Hall–Kier alpha value is -1.63. The van der Waals surface area contributed by atoms with E-state index in [1.165, 1.54) is 20.8 Å². The largest absolute Gasteiger partial charge is 0.463 e. The lowest BCUT2D eigenvalue weighted by Gasteiger charge is -2.64. The molecule has 0 unspecified atom stereocenters. The summed E-state index contributed by atoms with van der Waals surface area (Å²) in [4.78, 5) is 48.0. The van der Waals surface area contributed by atoms with Crippen molar-refractivity contribution in [1.29, 1.82) is 0 Å². The van der Waals surface area contributed by atoms with Crippen LogP contribution < -0.4 is 0 Å². The van der Waals surface area contributed by atoms with Gasteiger partial charge in [0.2, 0.25) is 5.24 Å². The molecule has 4 rings (SSSR count). The lowest BCUT2D eigenvalue weighted by molar-refractivity contribution is -0.224. The first kappa shape index (κ1) is 29.4. The average Bonchev–Trinajstić information content (AvgIpc) is 3.16. The van der Waals surface area contributed by atoms with Crippen molar-refractivity contribution >= 4 is 34.8 Å². The van der Waals surface area contributed by atoms with Crippen molar-refractivity contribution in [2.75, 3.05) is 0 Å². The summed E-state index contributed by atoms with van der Waals surface area (Å²) in [6.07, 6.45) is 6.46. The Bertz CT molecular complexity index is 951. The second-order valence-corrected chi connectivity index (χ2v) is 13.6. The first-order chi connectivity index (χ1) is 17.8. The predicted molar refractivity (Wildman–Crippen MR) is 142 cm³/mol. The van der Waals surface area contributed by atoms with Crippen molar-refractivity contribution in [2.45, 2.75) is 118 Å². The summed E-state index contributed by atoms with van der Waals surface area (Å²) in [6, 6.07) is 0. The summed E-state index contributed by atoms with van der Waals surface area (Å²) >= 11 is 5.69. The molecule has 7 nitrogen and oxygen atoms in total. The van der Waals surface area contributed by atoms with Crippen LogP contribution in [0.15, 0.2) is 0 Å². The summed E-state index contributed by atoms with van der Waals surface area (Å²) in [5.41, 5.74) is -0.301. The van der Waals surface area contributed by atoms with Gasteiger partial charge in [0, 0.05) is 38.5 Å². The number of rotatable bonds is 7. The summed E-state index contributed by atoms with van der Waals surface area (Å²) < 4.78 is 17.9. The third kappa shape index (κ3) is 5.38. The van der Waals surface area contributed by atoms with Crippen LogP contribution in [0.2, 0.25) is 0 Å². The fraction of sp³-hybridized carbons (Fsp3) is 0.867. The molecule has 11 atom stereocenters. The maximum atomic E-state index is 12.4. The van der Waals surface area contributed by atoms with E-state index in [4.69, 9.17) is 25.8 Å². The van der Waals surface area contributed by atoms with Crippen LogP contribution in [-0.2, 0) is 33.4 Å². The van der Waals surface area contributed by atoms with Gasteiger partial charge >= 0.3 is 17.9 Å². The Kier molecular flexibility index (Phi) is 8.57. The number of carbonyl (C=O) groups excluding carboxylic acids is 4. The molecule has 0 bridgehead atoms. The molecule has 4 fully saturated rings. The van der Waals surface area contributed by atoms with Crippen LogP contribution in [0.4, 0.5) is 0 Å². The smallest absolute Gasteiger partial charge is 0.302 e.